The Morgan fingerprint density at radius 1 is 0.971 bits per heavy atom. The molecule has 35 heavy (non-hydrogen) atoms. The number of rotatable bonds is 5. The molecule has 0 N–H and O–H groups in total. The van der Waals surface area contributed by atoms with Crippen LogP contribution in [0.5, 0.6) is 0 Å². The molecule has 0 unspecified atom stereocenters. The molecule has 0 bridgehead atoms. The van der Waals surface area contributed by atoms with E-state index >= 15 is 4.39 Å². The third kappa shape index (κ3) is 5.15. The number of imidazole rings is 1. The lowest BCUT2D eigenvalue weighted by molar-refractivity contribution is 0.0753. The first-order valence-electron chi connectivity index (χ1n) is 12.7. The number of hydrogen-bond acceptors (Lipinski definition) is 5. The summed E-state index contributed by atoms with van der Waals surface area (Å²) in [6.07, 6.45) is 9.60. The topological polar surface area (TPSA) is 57.9 Å². The molecule has 5 rings (SSSR count). The number of piperidine rings is 2. The molecular formula is C27H35FN4O2S. The number of likely N-dealkylation sites (tertiary alicyclic amines) is 2. The summed E-state index contributed by atoms with van der Waals surface area (Å²) < 4.78 is 40.3. The normalized spacial score (nSPS) is 19.7. The van der Waals surface area contributed by atoms with Crippen LogP contribution in [0.25, 0.3) is 16.9 Å². The second-order valence-electron chi connectivity index (χ2n) is 10.4. The zero-order valence-electron chi connectivity index (χ0n) is 20.8. The minimum atomic E-state index is -3.26. The molecule has 0 amide bonds. The molecule has 6 nitrogen and oxygen atoms in total. The van der Waals surface area contributed by atoms with Crippen LogP contribution in [-0.4, -0.2) is 72.1 Å². The van der Waals surface area contributed by atoms with Crippen LogP contribution in [-0.2, 0) is 9.84 Å². The fraction of sp³-hybridized carbons (Fsp3) is 0.519. The van der Waals surface area contributed by atoms with Crippen LogP contribution >= 0.6 is 0 Å². The molecule has 0 aliphatic carbocycles. The van der Waals surface area contributed by atoms with Gasteiger partial charge in [-0.05, 0) is 95.4 Å². The van der Waals surface area contributed by atoms with E-state index in [1.165, 1.54) is 32.2 Å². The van der Waals surface area contributed by atoms with Crippen molar-refractivity contribution in [1.82, 2.24) is 19.2 Å². The van der Waals surface area contributed by atoms with E-state index in [-0.39, 0.29) is 10.7 Å². The first-order chi connectivity index (χ1) is 16.7. The summed E-state index contributed by atoms with van der Waals surface area (Å²) in [5.41, 5.74) is 2.72. The standard InChI is InChI=1S/C27H35FN4O2S/c1-19(2)30-14-10-23(11-15-30)31-12-8-20(9-13-31)22-16-25(28)27-29-26(18-32(27)17-22)21-4-6-24(7-5-21)35(3,33)34/h4-7,16-20,23H,8-15H2,1-3H3. The second-order valence-corrected chi connectivity index (χ2v) is 12.5. The second kappa shape index (κ2) is 9.64. The number of hydrogen-bond donors (Lipinski definition) is 0. The highest BCUT2D eigenvalue weighted by Crippen LogP contribution is 2.32. The van der Waals surface area contributed by atoms with E-state index in [0.717, 1.165) is 37.1 Å². The average molecular weight is 499 g/mol. The minimum absolute atomic E-state index is 0.260. The molecular weight excluding hydrogens is 463 g/mol. The van der Waals surface area contributed by atoms with Crippen LogP contribution in [0.2, 0.25) is 0 Å². The summed E-state index contributed by atoms with van der Waals surface area (Å²) >= 11 is 0. The van der Waals surface area contributed by atoms with E-state index in [2.05, 4.69) is 28.6 Å². The molecule has 8 heteroatoms. The fourth-order valence-electron chi connectivity index (χ4n) is 5.68. The Morgan fingerprint density at radius 3 is 2.23 bits per heavy atom. The number of halogens is 1. The van der Waals surface area contributed by atoms with Crippen molar-refractivity contribution in [2.75, 3.05) is 32.4 Å². The molecule has 2 aliphatic heterocycles. The summed E-state index contributed by atoms with van der Waals surface area (Å²) in [6.45, 7) is 9.06. The van der Waals surface area contributed by atoms with Crippen molar-refractivity contribution in [3.05, 3.63) is 54.1 Å². The monoisotopic (exact) mass is 498 g/mol. The van der Waals surface area contributed by atoms with Crippen molar-refractivity contribution in [1.29, 1.82) is 0 Å². The number of fused-ring (bicyclic) bond motifs is 1. The lowest BCUT2D eigenvalue weighted by Crippen LogP contribution is -2.48. The molecule has 188 valence electrons. The smallest absolute Gasteiger partial charge is 0.175 e. The van der Waals surface area contributed by atoms with Crippen LogP contribution in [0.3, 0.4) is 0 Å². The lowest BCUT2D eigenvalue weighted by atomic mass is 9.88. The van der Waals surface area contributed by atoms with E-state index in [1.807, 2.05) is 12.4 Å². The first-order valence-corrected chi connectivity index (χ1v) is 14.5. The van der Waals surface area contributed by atoms with E-state index in [0.29, 0.717) is 29.3 Å². The van der Waals surface area contributed by atoms with Gasteiger partial charge in [0.05, 0.1) is 10.6 Å². The predicted octanol–water partition coefficient (Wildman–Crippen LogP) is 4.60. The van der Waals surface area contributed by atoms with Crippen LogP contribution in [0.1, 0.15) is 51.0 Å². The molecule has 2 aliphatic rings. The van der Waals surface area contributed by atoms with E-state index in [9.17, 15) is 8.42 Å². The molecule has 2 fully saturated rings. The summed E-state index contributed by atoms with van der Waals surface area (Å²) in [4.78, 5) is 9.96. The van der Waals surface area contributed by atoms with Gasteiger partial charge in [-0.1, -0.05) is 12.1 Å². The Kier molecular flexibility index (Phi) is 6.72. The molecule has 2 aromatic heterocycles. The van der Waals surface area contributed by atoms with E-state index in [4.69, 9.17) is 0 Å². The van der Waals surface area contributed by atoms with Crippen molar-refractivity contribution >= 4 is 15.5 Å². The molecule has 0 atom stereocenters. The van der Waals surface area contributed by atoms with Crippen molar-refractivity contribution in [3.8, 4) is 11.3 Å². The van der Waals surface area contributed by atoms with Crippen LogP contribution < -0.4 is 0 Å². The predicted molar refractivity (Wildman–Crippen MR) is 137 cm³/mol. The van der Waals surface area contributed by atoms with E-state index in [1.54, 1.807) is 34.7 Å². The van der Waals surface area contributed by atoms with Gasteiger partial charge in [-0.2, -0.15) is 0 Å². The SMILES string of the molecule is CC(C)N1CCC(N2CCC(c3cc(F)c4nc(-c5ccc(S(C)(=O)=O)cc5)cn4c3)CC2)CC1. The number of sulfone groups is 1. The zero-order chi connectivity index (χ0) is 24.7. The van der Waals surface area contributed by atoms with Gasteiger partial charge in [0.25, 0.3) is 0 Å². The molecule has 0 saturated carbocycles. The summed E-state index contributed by atoms with van der Waals surface area (Å²) in [5.74, 6) is 0.0331. The fourth-order valence-corrected chi connectivity index (χ4v) is 6.31. The van der Waals surface area contributed by atoms with Crippen LogP contribution in [0.4, 0.5) is 4.39 Å². The van der Waals surface area contributed by atoms with E-state index < -0.39 is 9.84 Å². The van der Waals surface area contributed by atoms with Gasteiger partial charge < -0.3 is 14.2 Å². The summed E-state index contributed by atoms with van der Waals surface area (Å²) in [6, 6.07) is 9.53. The highest BCUT2D eigenvalue weighted by molar-refractivity contribution is 7.90. The van der Waals surface area contributed by atoms with Gasteiger partial charge in [0.1, 0.15) is 0 Å². The maximum Gasteiger partial charge on any atom is 0.175 e. The quantitative estimate of drug-likeness (QED) is 0.515. The number of pyridine rings is 1. The van der Waals surface area contributed by atoms with Gasteiger partial charge in [-0.15, -0.1) is 0 Å². The molecule has 2 saturated heterocycles. The average Bonchev–Trinajstić information content (AvgIpc) is 3.29. The van der Waals surface area contributed by atoms with Gasteiger partial charge in [0.15, 0.2) is 21.3 Å². The molecule has 3 aromatic rings. The largest absolute Gasteiger partial charge is 0.304 e. The Balaban J connectivity index is 1.28. The molecule has 4 heterocycles. The van der Waals surface area contributed by atoms with Gasteiger partial charge in [-0.25, -0.2) is 17.8 Å². The van der Waals surface area contributed by atoms with Gasteiger partial charge >= 0.3 is 0 Å². The van der Waals surface area contributed by atoms with Gasteiger partial charge in [-0.3, -0.25) is 0 Å². The number of nitrogens with zero attached hydrogens (tertiary/aromatic N) is 4. The van der Waals surface area contributed by atoms with Crippen molar-refractivity contribution in [2.45, 2.75) is 62.4 Å². The Labute approximate surface area is 207 Å². The zero-order valence-corrected chi connectivity index (χ0v) is 21.6. The third-order valence-electron chi connectivity index (χ3n) is 7.85. The summed E-state index contributed by atoms with van der Waals surface area (Å²) in [5, 5.41) is 0. The summed E-state index contributed by atoms with van der Waals surface area (Å²) in [7, 11) is -3.26. The Hall–Kier alpha value is -2.29. The van der Waals surface area contributed by atoms with Crippen molar-refractivity contribution in [2.24, 2.45) is 0 Å². The minimum Gasteiger partial charge on any atom is -0.304 e. The number of aromatic nitrogens is 2. The number of benzene rings is 1. The molecule has 0 radical (unpaired) electrons. The maximum absolute atomic E-state index is 15.0. The lowest BCUT2D eigenvalue weighted by Gasteiger charge is -2.42. The maximum atomic E-state index is 15.0. The highest BCUT2D eigenvalue weighted by Gasteiger charge is 2.29. The van der Waals surface area contributed by atoms with Crippen molar-refractivity contribution < 1.29 is 12.8 Å². The highest BCUT2D eigenvalue weighted by atomic mass is 32.2. The Bertz CT molecular complexity index is 1290. The molecule has 0 spiro atoms. The van der Waals surface area contributed by atoms with Gasteiger partial charge in [0, 0.05) is 36.3 Å². The van der Waals surface area contributed by atoms with Gasteiger partial charge in [0.2, 0.25) is 0 Å². The van der Waals surface area contributed by atoms with Crippen LogP contribution in [0.15, 0.2) is 47.6 Å². The van der Waals surface area contributed by atoms with Crippen LogP contribution in [0, 0.1) is 5.82 Å². The Morgan fingerprint density at radius 2 is 1.63 bits per heavy atom. The first kappa shape index (κ1) is 24.4. The molecule has 1 aromatic carbocycles. The third-order valence-corrected chi connectivity index (χ3v) is 8.98. The van der Waals surface area contributed by atoms with Crippen molar-refractivity contribution in [3.63, 3.8) is 0 Å².